The molecule has 0 aromatic rings. The van der Waals surface area contributed by atoms with Crippen LogP contribution in [-0.2, 0) is 33.2 Å². The summed E-state index contributed by atoms with van der Waals surface area (Å²) < 4.78 is 34.1. The van der Waals surface area contributed by atoms with E-state index in [-0.39, 0.29) is 18.9 Å². The van der Waals surface area contributed by atoms with Crippen molar-refractivity contribution in [3.05, 3.63) is 0 Å². The van der Waals surface area contributed by atoms with Crippen LogP contribution < -0.4 is 5.32 Å². The lowest BCUT2D eigenvalue weighted by Gasteiger charge is -2.48. The average Bonchev–Trinajstić information content (AvgIpc) is 3.36. The maximum Gasteiger partial charge on any atom is 0.220 e. The standard InChI is InChI=1S/C52H99NO18/c1-3-5-7-9-10-11-12-13-14-15-16-17-18-19-20-21-22-23-24-26-27-29-36(57)35(53-40(58)30-28-25-8-6-4-2)34-66-50-46(64)43(61)48(38(32-55)68-50)71-52-47(65)44(62)49(39(33-56)69-52)70-51-45(63)42(60)41(59)37(31-54)67-51/h35-39,41-52,54-57,59-65H,3-34H2,1-2H3,(H,53,58). The Hall–Kier alpha value is -1.21. The van der Waals surface area contributed by atoms with Crippen molar-refractivity contribution < 1.29 is 89.4 Å². The number of amides is 1. The molecule has 1 amide bonds. The van der Waals surface area contributed by atoms with E-state index in [0.29, 0.717) is 12.8 Å². The maximum atomic E-state index is 13.1. The highest BCUT2D eigenvalue weighted by Crippen LogP contribution is 2.33. The molecule has 0 radical (unpaired) electrons. The average molecular weight is 1030 g/mol. The predicted molar refractivity (Wildman–Crippen MR) is 264 cm³/mol. The van der Waals surface area contributed by atoms with Gasteiger partial charge >= 0.3 is 0 Å². The Bertz CT molecular complexity index is 1320. The Morgan fingerprint density at radius 2 is 0.803 bits per heavy atom. The summed E-state index contributed by atoms with van der Waals surface area (Å²) in [5.74, 6) is -0.255. The van der Waals surface area contributed by atoms with Crippen LogP contribution in [0.1, 0.15) is 194 Å². The SMILES string of the molecule is CCCCCCCCCCCCCCCCCCCCCCCC(O)C(COC1OC(CO)C(OC2OC(CO)C(OC3OC(CO)C(O)C(O)C3O)C(O)C2O)C(O)C1O)NC(=O)CCCCCCC. The fourth-order valence-electron chi connectivity index (χ4n) is 9.78. The fraction of sp³-hybridized carbons (Fsp3) is 0.981. The monoisotopic (exact) mass is 1030 g/mol. The summed E-state index contributed by atoms with van der Waals surface area (Å²) in [5.41, 5.74) is 0. The van der Waals surface area contributed by atoms with E-state index in [4.69, 9.17) is 28.4 Å². The van der Waals surface area contributed by atoms with E-state index >= 15 is 0 Å². The lowest BCUT2D eigenvalue weighted by atomic mass is 9.96. The minimum Gasteiger partial charge on any atom is -0.394 e. The van der Waals surface area contributed by atoms with Gasteiger partial charge in [-0.2, -0.15) is 0 Å². The zero-order valence-electron chi connectivity index (χ0n) is 43.2. The van der Waals surface area contributed by atoms with Gasteiger partial charge in [-0.25, -0.2) is 0 Å². The molecule has 3 fully saturated rings. The highest BCUT2D eigenvalue weighted by atomic mass is 16.8. The van der Waals surface area contributed by atoms with Gasteiger partial charge < -0.3 is 89.9 Å². The maximum absolute atomic E-state index is 13.1. The normalized spacial score (nSPS) is 32.2. The molecule has 0 bridgehead atoms. The van der Waals surface area contributed by atoms with Crippen LogP contribution in [-0.4, -0.2) is 193 Å². The van der Waals surface area contributed by atoms with Gasteiger partial charge in [0, 0.05) is 6.42 Å². The number of carbonyl (C=O) groups excluding carboxylic acids is 1. The Kier molecular flexibility index (Phi) is 33.9. The molecule has 19 nitrogen and oxygen atoms in total. The van der Waals surface area contributed by atoms with Crippen molar-refractivity contribution in [3.8, 4) is 0 Å². The first kappa shape index (κ1) is 64.1. The van der Waals surface area contributed by atoms with Crippen molar-refractivity contribution in [1.82, 2.24) is 5.32 Å². The van der Waals surface area contributed by atoms with Crippen molar-refractivity contribution in [2.45, 2.75) is 298 Å². The summed E-state index contributed by atoms with van der Waals surface area (Å²) in [4.78, 5) is 13.1. The molecule has 17 atom stereocenters. The molecule has 3 aliphatic heterocycles. The van der Waals surface area contributed by atoms with Crippen molar-refractivity contribution in [3.63, 3.8) is 0 Å². The molecule has 0 aromatic carbocycles. The van der Waals surface area contributed by atoms with Gasteiger partial charge in [0.05, 0.1) is 38.6 Å². The van der Waals surface area contributed by atoms with Crippen molar-refractivity contribution in [2.75, 3.05) is 26.4 Å². The number of nitrogens with one attached hydrogen (secondary N) is 1. The molecule has 3 aliphatic rings. The van der Waals surface area contributed by atoms with Crippen molar-refractivity contribution in [2.24, 2.45) is 0 Å². The fourth-order valence-corrected chi connectivity index (χ4v) is 9.78. The van der Waals surface area contributed by atoms with E-state index in [0.717, 1.165) is 51.4 Å². The lowest BCUT2D eigenvalue weighted by Crippen LogP contribution is -2.66. The molecule has 19 heteroatoms. The number of carbonyl (C=O) groups is 1. The van der Waals surface area contributed by atoms with Crippen LogP contribution in [0.5, 0.6) is 0 Å². The quantitative estimate of drug-likeness (QED) is 0.0392. The first-order valence-corrected chi connectivity index (χ1v) is 27.8. The Balaban J connectivity index is 1.44. The van der Waals surface area contributed by atoms with Crippen LogP contribution in [0, 0.1) is 0 Å². The Morgan fingerprint density at radius 1 is 0.451 bits per heavy atom. The van der Waals surface area contributed by atoms with E-state index in [2.05, 4.69) is 19.2 Å². The predicted octanol–water partition coefficient (Wildman–Crippen LogP) is 3.26. The molecule has 420 valence electrons. The number of unbranched alkanes of at least 4 members (excludes halogenated alkanes) is 24. The van der Waals surface area contributed by atoms with Crippen LogP contribution in [0.4, 0.5) is 0 Å². The summed E-state index contributed by atoms with van der Waals surface area (Å²) in [5, 5.41) is 120. The van der Waals surface area contributed by atoms with Gasteiger partial charge in [-0.15, -0.1) is 0 Å². The molecule has 0 spiro atoms. The minimum atomic E-state index is -1.97. The first-order valence-electron chi connectivity index (χ1n) is 27.8. The highest BCUT2D eigenvalue weighted by Gasteiger charge is 2.53. The zero-order chi connectivity index (χ0) is 52.0. The molecule has 0 aliphatic carbocycles. The van der Waals surface area contributed by atoms with E-state index in [9.17, 15) is 61.0 Å². The number of aliphatic hydroxyl groups is 11. The van der Waals surface area contributed by atoms with Crippen molar-refractivity contribution in [1.29, 1.82) is 0 Å². The second-order valence-corrected chi connectivity index (χ2v) is 20.4. The van der Waals surface area contributed by atoms with E-state index in [1.807, 2.05) is 0 Å². The van der Waals surface area contributed by atoms with Crippen LogP contribution >= 0.6 is 0 Å². The van der Waals surface area contributed by atoms with Gasteiger partial charge in [0.15, 0.2) is 18.9 Å². The largest absolute Gasteiger partial charge is 0.394 e. The second-order valence-electron chi connectivity index (χ2n) is 20.4. The van der Waals surface area contributed by atoms with Crippen LogP contribution in [0.2, 0.25) is 0 Å². The Labute approximate surface area is 423 Å². The number of ether oxygens (including phenoxy) is 6. The van der Waals surface area contributed by atoms with E-state index in [1.54, 1.807) is 0 Å². The molecular formula is C52H99NO18. The second kappa shape index (κ2) is 37.5. The third kappa shape index (κ3) is 22.9. The number of hydrogen-bond donors (Lipinski definition) is 12. The number of aliphatic hydroxyl groups excluding tert-OH is 11. The first-order chi connectivity index (χ1) is 34.3. The van der Waals surface area contributed by atoms with Crippen LogP contribution in [0.25, 0.3) is 0 Å². The van der Waals surface area contributed by atoms with E-state index in [1.165, 1.54) is 109 Å². The van der Waals surface area contributed by atoms with Gasteiger partial charge in [0.25, 0.3) is 0 Å². The number of rotatable bonds is 40. The summed E-state index contributed by atoms with van der Waals surface area (Å²) in [6.07, 6.45) is 5.57. The highest BCUT2D eigenvalue weighted by molar-refractivity contribution is 5.76. The molecule has 3 heterocycles. The summed E-state index contributed by atoms with van der Waals surface area (Å²) >= 11 is 0. The third-order valence-corrected chi connectivity index (χ3v) is 14.4. The summed E-state index contributed by atoms with van der Waals surface area (Å²) in [6, 6.07) is -0.876. The minimum absolute atomic E-state index is 0.255. The molecule has 3 saturated heterocycles. The van der Waals surface area contributed by atoms with Crippen LogP contribution in [0.15, 0.2) is 0 Å². The lowest BCUT2D eigenvalue weighted by molar-refractivity contribution is -0.379. The topological polar surface area (TPSA) is 307 Å². The number of hydrogen-bond acceptors (Lipinski definition) is 18. The molecule has 3 rings (SSSR count). The van der Waals surface area contributed by atoms with Gasteiger partial charge in [-0.05, 0) is 12.8 Å². The third-order valence-electron chi connectivity index (χ3n) is 14.4. The van der Waals surface area contributed by atoms with Gasteiger partial charge in [0.1, 0.15) is 73.2 Å². The van der Waals surface area contributed by atoms with Gasteiger partial charge in [-0.3, -0.25) is 4.79 Å². The van der Waals surface area contributed by atoms with E-state index < -0.39 is 124 Å². The smallest absolute Gasteiger partial charge is 0.220 e. The molecule has 0 saturated carbocycles. The van der Waals surface area contributed by atoms with Crippen molar-refractivity contribution >= 4 is 5.91 Å². The Morgan fingerprint density at radius 3 is 1.23 bits per heavy atom. The molecule has 0 aromatic heterocycles. The van der Waals surface area contributed by atoms with Gasteiger partial charge in [0.2, 0.25) is 5.91 Å². The van der Waals surface area contributed by atoms with Gasteiger partial charge in [-0.1, -0.05) is 174 Å². The summed E-state index contributed by atoms with van der Waals surface area (Å²) in [7, 11) is 0. The molecular weight excluding hydrogens is 927 g/mol. The summed E-state index contributed by atoms with van der Waals surface area (Å²) in [6.45, 7) is 1.68. The molecule has 17 unspecified atom stereocenters. The molecule has 12 N–H and O–H groups in total. The molecule has 71 heavy (non-hydrogen) atoms. The zero-order valence-corrected chi connectivity index (χ0v) is 43.2. The van der Waals surface area contributed by atoms with Crippen LogP contribution in [0.3, 0.4) is 0 Å².